The highest BCUT2D eigenvalue weighted by molar-refractivity contribution is 6.02. The molecule has 3 aliphatic heterocycles. The monoisotopic (exact) mass is 640 g/mol. The van der Waals surface area contributed by atoms with Crippen LogP contribution in [0.25, 0.3) is 32.9 Å². The number of methoxy groups -OCH3 is 1. The number of nitrogens with zero attached hydrogens (tertiary/aromatic N) is 6. The maximum Gasteiger partial charge on any atom is 0.318 e. The van der Waals surface area contributed by atoms with Crippen LogP contribution in [0.1, 0.15) is 38.2 Å². The molecule has 4 atom stereocenters. The molecule has 0 spiro atoms. The molecule has 5 heterocycles. The molecule has 1 amide bonds. The summed E-state index contributed by atoms with van der Waals surface area (Å²) in [5, 5.41) is 10.6. The van der Waals surface area contributed by atoms with Crippen molar-refractivity contribution in [1.29, 1.82) is 0 Å². The molecule has 3 saturated heterocycles. The highest BCUT2D eigenvalue weighted by Crippen LogP contribution is 2.37. The standard InChI is InChI=1S/C29H25F2N5O2.C7H13NO/c1-6-18-21(30)12-11-17-9-8-10-19(24(17)18)26-25(31)27-20(15-32-26)28(34-29(33-27)38-5)35(4)22-13-14-36(16(22)3)23(37)7-2;9-7-4-6-2-1-3-8(6)5-7/h1,7-12,15-16,22H,2,13-14H2,3-5H3;6-7,9H,1-5H2. The van der Waals surface area contributed by atoms with E-state index in [1.165, 1.54) is 44.8 Å². The molecule has 0 bridgehead atoms. The number of carbonyl (C=O) groups is 1. The average Bonchev–Trinajstić information content (AvgIpc) is 3.78. The summed E-state index contributed by atoms with van der Waals surface area (Å²) in [5.41, 5.74) is 0.374. The Balaban J connectivity index is 0.000000366. The van der Waals surface area contributed by atoms with Gasteiger partial charge in [-0.3, -0.25) is 14.7 Å². The Morgan fingerprint density at radius 3 is 2.74 bits per heavy atom. The number of terminal acetylenes is 1. The van der Waals surface area contributed by atoms with Crippen LogP contribution >= 0.6 is 0 Å². The van der Waals surface area contributed by atoms with E-state index >= 15 is 4.39 Å². The molecule has 47 heavy (non-hydrogen) atoms. The lowest BCUT2D eigenvalue weighted by Gasteiger charge is -2.31. The second kappa shape index (κ2) is 13.2. The number of ether oxygens (including phenoxy) is 1. The van der Waals surface area contributed by atoms with Gasteiger partial charge in [-0.1, -0.05) is 36.8 Å². The number of aromatic nitrogens is 3. The number of aliphatic hydroxyl groups excluding tert-OH is 1. The summed E-state index contributed by atoms with van der Waals surface area (Å²) in [6, 6.07) is 8.53. The van der Waals surface area contributed by atoms with Gasteiger partial charge >= 0.3 is 6.01 Å². The number of likely N-dealkylation sites (tertiary alicyclic amines) is 1. The molecular weight excluding hydrogens is 602 g/mol. The highest BCUT2D eigenvalue weighted by Gasteiger charge is 2.37. The third-order valence-electron chi connectivity index (χ3n) is 9.71. The predicted octanol–water partition coefficient (Wildman–Crippen LogP) is 4.94. The van der Waals surface area contributed by atoms with E-state index in [1.807, 2.05) is 18.9 Å². The summed E-state index contributed by atoms with van der Waals surface area (Å²) in [6.45, 7) is 8.26. The molecule has 2 aromatic heterocycles. The molecule has 0 aliphatic carbocycles. The van der Waals surface area contributed by atoms with Crippen molar-refractivity contribution in [2.24, 2.45) is 0 Å². The van der Waals surface area contributed by atoms with Crippen molar-refractivity contribution >= 4 is 33.4 Å². The topological polar surface area (TPSA) is 94.9 Å². The van der Waals surface area contributed by atoms with Crippen LogP contribution in [0.4, 0.5) is 14.6 Å². The van der Waals surface area contributed by atoms with Gasteiger partial charge < -0.3 is 19.6 Å². The zero-order chi connectivity index (χ0) is 33.4. The summed E-state index contributed by atoms with van der Waals surface area (Å²) in [5.74, 6) is 1.38. The molecule has 1 N–H and O–H groups in total. The fourth-order valence-electron chi connectivity index (χ4n) is 7.35. The third-order valence-corrected chi connectivity index (χ3v) is 9.71. The van der Waals surface area contributed by atoms with E-state index < -0.39 is 11.6 Å². The predicted molar refractivity (Wildman–Crippen MR) is 178 cm³/mol. The van der Waals surface area contributed by atoms with Crippen LogP contribution in [0.5, 0.6) is 6.01 Å². The number of likely N-dealkylation sites (N-methyl/N-ethyl adjacent to an activating group) is 1. The SMILES string of the molecule is C#Cc1c(F)ccc2cccc(-c3ncc4c(N(C)C5CCN(C(=O)C=C)C5C)nc(OC)nc4c3F)c12.OC1CC2CCCN2C1. The molecule has 4 aromatic rings. The number of amides is 1. The Morgan fingerprint density at radius 2 is 2.02 bits per heavy atom. The van der Waals surface area contributed by atoms with Crippen LogP contribution < -0.4 is 9.64 Å². The summed E-state index contributed by atoms with van der Waals surface area (Å²) in [4.78, 5) is 31.6. The Hall–Kier alpha value is -4.66. The van der Waals surface area contributed by atoms with Crippen molar-refractivity contribution in [3.63, 3.8) is 0 Å². The van der Waals surface area contributed by atoms with Crippen molar-refractivity contribution in [1.82, 2.24) is 24.8 Å². The summed E-state index contributed by atoms with van der Waals surface area (Å²) < 4.78 is 36.1. The van der Waals surface area contributed by atoms with Crippen LogP contribution in [-0.4, -0.2) is 93.8 Å². The van der Waals surface area contributed by atoms with E-state index in [9.17, 15) is 14.3 Å². The number of rotatable bonds is 5. The smallest absolute Gasteiger partial charge is 0.318 e. The van der Waals surface area contributed by atoms with E-state index in [0.717, 1.165) is 19.0 Å². The lowest BCUT2D eigenvalue weighted by Crippen LogP contribution is -2.43. The Labute approximate surface area is 272 Å². The first-order chi connectivity index (χ1) is 22.7. The molecule has 2 aromatic carbocycles. The number of fused-ring (bicyclic) bond motifs is 3. The molecule has 7 rings (SSSR count). The number of hydrogen-bond donors (Lipinski definition) is 1. The summed E-state index contributed by atoms with van der Waals surface area (Å²) in [6.07, 6.45) is 12.8. The molecule has 244 valence electrons. The van der Waals surface area contributed by atoms with Crippen LogP contribution in [-0.2, 0) is 4.79 Å². The molecule has 3 aliphatic rings. The van der Waals surface area contributed by atoms with E-state index in [1.54, 1.807) is 29.2 Å². The molecule has 3 fully saturated rings. The quantitative estimate of drug-likeness (QED) is 0.242. The molecular formula is C36H38F2N6O3. The minimum absolute atomic E-state index is 0.00374. The fourth-order valence-corrected chi connectivity index (χ4v) is 7.35. The number of pyridine rings is 1. The van der Waals surface area contributed by atoms with Gasteiger partial charge in [0.15, 0.2) is 5.82 Å². The third kappa shape index (κ3) is 5.88. The number of hydrogen-bond acceptors (Lipinski definition) is 8. The second-order valence-electron chi connectivity index (χ2n) is 12.3. The van der Waals surface area contributed by atoms with Crippen molar-refractivity contribution in [3.05, 3.63) is 66.4 Å². The van der Waals surface area contributed by atoms with Crippen LogP contribution in [0.2, 0.25) is 0 Å². The van der Waals surface area contributed by atoms with Crippen LogP contribution in [0, 0.1) is 24.0 Å². The van der Waals surface area contributed by atoms with Crippen molar-refractivity contribution in [2.75, 3.05) is 38.7 Å². The van der Waals surface area contributed by atoms with Gasteiger partial charge in [0.2, 0.25) is 5.91 Å². The maximum atomic E-state index is 16.2. The van der Waals surface area contributed by atoms with Crippen LogP contribution in [0.3, 0.4) is 0 Å². The number of aliphatic hydroxyl groups is 1. The van der Waals surface area contributed by atoms with Gasteiger partial charge in [0, 0.05) is 49.4 Å². The second-order valence-corrected chi connectivity index (χ2v) is 12.3. The zero-order valence-corrected chi connectivity index (χ0v) is 26.8. The van der Waals surface area contributed by atoms with Gasteiger partial charge in [-0.2, -0.15) is 9.97 Å². The normalized spacial score (nSPS) is 22.1. The first-order valence-corrected chi connectivity index (χ1v) is 15.8. The van der Waals surface area contributed by atoms with Crippen LogP contribution in [0.15, 0.2) is 49.2 Å². The molecule has 0 radical (unpaired) electrons. The van der Waals surface area contributed by atoms with Gasteiger partial charge in [-0.05, 0) is 56.7 Å². The van der Waals surface area contributed by atoms with Gasteiger partial charge in [0.05, 0.1) is 30.2 Å². The largest absolute Gasteiger partial charge is 0.467 e. The molecule has 0 saturated carbocycles. The molecule has 9 nitrogen and oxygen atoms in total. The van der Waals surface area contributed by atoms with E-state index in [2.05, 4.69) is 32.4 Å². The van der Waals surface area contributed by atoms with Gasteiger partial charge in [-0.25, -0.2) is 8.78 Å². The number of carbonyl (C=O) groups excluding carboxylic acids is 1. The first kappa shape index (κ1) is 32.3. The summed E-state index contributed by atoms with van der Waals surface area (Å²) in [7, 11) is 3.24. The molecule has 11 heteroatoms. The highest BCUT2D eigenvalue weighted by atomic mass is 19.1. The average molecular weight is 641 g/mol. The Morgan fingerprint density at radius 1 is 1.21 bits per heavy atom. The lowest BCUT2D eigenvalue weighted by atomic mass is 9.96. The molecule has 4 unspecified atom stereocenters. The number of halogens is 2. The van der Waals surface area contributed by atoms with Crippen molar-refractivity contribution in [2.45, 2.75) is 56.8 Å². The minimum Gasteiger partial charge on any atom is -0.467 e. The maximum absolute atomic E-state index is 16.2. The van der Waals surface area contributed by atoms with E-state index in [4.69, 9.17) is 11.2 Å². The van der Waals surface area contributed by atoms with E-state index in [0.29, 0.717) is 40.5 Å². The Bertz CT molecular complexity index is 1880. The zero-order valence-electron chi connectivity index (χ0n) is 26.8. The van der Waals surface area contributed by atoms with Gasteiger partial charge in [0.25, 0.3) is 0 Å². The van der Waals surface area contributed by atoms with Gasteiger partial charge in [-0.15, -0.1) is 6.42 Å². The van der Waals surface area contributed by atoms with Gasteiger partial charge in [0.1, 0.15) is 22.8 Å². The number of anilines is 1. The van der Waals surface area contributed by atoms with Crippen molar-refractivity contribution in [3.8, 4) is 29.6 Å². The number of benzene rings is 2. The summed E-state index contributed by atoms with van der Waals surface area (Å²) >= 11 is 0. The minimum atomic E-state index is -0.708. The fraction of sp³-hybridized carbons (Fsp3) is 0.389. The Kier molecular flexibility index (Phi) is 9.08. The lowest BCUT2D eigenvalue weighted by molar-refractivity contribution is -0.126. The van der Waals surface area contributed by atoms with Crippen molar-refractivity contribution < 1.29 is 23.4 Å². The first-order valence-electron chi connectivity index (χ1n) is 15.8. The van der Waals surface area contributed by atoms with E-state index in [-0.39, 0.29) is 46.9 Å².